The van der Waals surface area contributed by atoms with Crippen molar-refractivity contribution in [2.45, 2.75) is 25.4 Å². The Hall–Kier alpha value is -2.13. The molecule has 1 aromatic heterocycles. The minimum absolute atomic E-state index is 0.216. The Morgan fingerprint density at radius 2 is 2.08 bits per heavy atom. The molecular formula is C17H19N3O4S. The molecule has 1 fully saturated rings. The van der Waals surface area contributed by atoms with Crippen LogP contribution in [0.2, 0.25) is 0 Å². The average Bonchev–Trinajstić information content (AvgIpc) is 2.91. The smallest absolute Gasteiger partial charge is 0.256 e. The molecule has 2 unspecified atom stereocenters. The predicted octanol–water partition coefficient (Wildman–Crippen LogP) is 1.75. The molecule has 8 heteroatoms. The molecule has 0 spiro atoms. The van der Waals surface area contributed by atoms with Crippen molar-refractivity contribution in [2.75, 3.05) is 11.9 Å². The highest BCUT2D eigenvalue weighted by Crippen LogP contribution is 2.34. The van der Waals surface area contributed by atoms with Crippen LogP contribution in [0.15, 0.2) is 42.6 Å². The van der Waals surface area contributed by atoms with Crippen LogP contribution in [0.1, 0.15) is 23.5 Å². The number of nitrogens with one attached hydrogen (secondary N) is 1. The largest absolute Gasteiger partial charge is 0.394 e. The van der Waals surface area contributed by atoms with Gasteiger partial charge in [0, 0.05) is 17.7 Å². The normalized spacial score (nSPS) is 25.7. The van der Waals surface area contributed by atoms with Gasteiger partial charge in [-0.15, -0.1) is 0 Å². The van der Waals surface area contributed by atoms with Crippen LogP contribution in [0.25, 0.3) is 0 Å². The molecule has 7 nitrogen and oxygen atoms in total. The first-order valence-electron chi connectivity index (χ1n) is 7.91. The molecule has 1 aliphatic heterocycles. The minimum atomic E-state index is -0.783. The molecule has 2 aromatic rings. The molecule has 0 saturated carbocycles. The molecule has 4 atom stereocenters. The van der Waals surface area contributed by atoms with Gasteiger partial charge in [0.2, 0.25) is 4.77 Å². The van der Waals surface area contributed by atoms with E-state index in [2.05, 4.69) is 10.3 Å². The zero-order valence-electron chi connectivity index (χ0n) is 13.6. The monoisotopic (exact) mass is 361 g/mol. The Morgan fingerprint density at radius 1 is 1.36 bits per heavy atom. The molecule has 132 valence electrons. The summed E-state index contributed by atoms with van der Waals surface area (Å²) in [6, 6.07) is 10.4. The van der Waals surface area contributed by atoms with E-state index in [1.54, 1.807) is 41.1 Å². The number of nitrogens with zero attached hydrogens (tertiary/aromatic N) is 2. The first-order chi connectivity index (χ1) is 12.0. The van der Waals surface area contributed by atoms with Gasteiger partial charge in [0.1, 0.15) is 18.1 Å². The molecule has 0 aliphatic carbocycles. The minimum Gasteiger partial charge on any atom is -0.394 e. The summed E-state index contributed by atoms with van der Waals surface area (Å²) in [6.07, 6.45) is -0.302. The Labute approximate surface area is 149 Å². The van der Waals surface area contributed by atoms with Crippen LogP contribution in [0.3, 0.4) is 0 Å². The average molecular weight is 361 g/mol. The van der Waals surface area contributed by atoms with Gasteiger partial charge in [-0.1, -0.05) is 25.1 Å². The van der Waals surface area contributed by atoms with E-state index in [1.165, 1.54) is 0 Å². The summed E-state index contributed by atoms with van der Waals surface area (Å²) in [5.74, 6) is -0.197. The van der Waals surface area contributed by atoms with Gasteiger partial charge in [-0.2, -0.15) is 0 Å². The standard InChI is InChI=1S/C17H19N3O4S/c1-10-14(22)12(9-21)24-16(10)20-8-7-13(19-17(20)25)18-15(23)11-5-3-2-4-6-11/h2-8,10,12,14,16,21-22H,9H2,1H3,(H,18,19,23,25)/t10?,12-,14?,16-/m1/s1. The summed E-state index contributed by atoms with van der Waals surface area (Å²) < 4.78 is 7.49. The van der Waals surface area contributed by atoms with Gasteiger partial charge < -0.3 is 20.3 Å². The maximum Gasteiger partial charge on any atom is 0.256 e. The molecule has 3 N–H and O–H groups in total. The molecule has 0 radical (unpaired) electrons. The van der Waals surface area contributed by atoms with Crippen LogP contribution in [-0.2, 0) is 4.74 Å². The second-order valence-electron chi connectivity index (χ2n) is 5.92. The van der Waals surface area contributed by atoms with Crippen molar-refractivity contribution in [3.05, 3.63) is 52.9 Å². The Bertz CT molecular complexity index is 811. The van der Waals surface area contributed by atoms with Crippen LogP contribution in [-0.4, -0.2) is 44.5 Å². The molecule has 3 rings (SSSR count). The number of ether oxygens (including phenoxy) is 1. The highest BCUT2D eigenvalue weighted by Gasteiger charge is 2.41. The lowest BCUT2D eigenvalue weighted by Gasteiger charge is -2.19. The van der Waals surface area contributed by atoms with Crippen LogP contribution in [0.4, 0.5) is 5.82 Å². The van der Waals surface area contributed by atoms with E-state index in [0.29, 0.717) is 11.4 Å². The fourth-order valence-electron chi connectivity index (χ4n) is 2.81. The first-order valence-corrected chi connectivity index (χ1v) is 8.32. The lowest BCUT2D eigenvalue weighted by molar-refractivity contribution is -0.0469. The number of aliphatic hydroxyl groups excluding tert-OH is 2. The van der Waals surface area contributed by atoms with E-state index in [4.69, 9.17) is 17.0 Å². The van der Waals surface area contributed by atoms with Gasteiger partial charge in [0.05, 0.1) is 12.7 Å². The Kier molecular flexibility index (Phi) is 5.24. The lowest BCUT2D eigenvalue weighted by atomic mass is 10.0. The third-order valence-corrected chi connectivity index (χ3v) is 4.55. The summed E-state index contributed by atoms with van der Waals surface area (Å²) in [4.78, 5) is 16.4. The first kappa shape index (κ1) is 17.7. The van der Waals surface area contributed by atoms with Gasteiger partial charge in [0.25, 0.3) is 5.91 Å². The number of carbonyl (C=O) groups is 1. The number of carbonyl (C=O) groups excluding carboxylic acids is 1. The van der Waals surface area contributed by atoms with Crippen LogP contribution >= 0.6 is 12.2 Å². The van der Waals surface area contributed by atoms with Gasteiger partial charge in [-0.3, -0.25) is 9.36 Å². The second kappa shape index (κ2) is 7.40. The zero-order valence-corrected chi connectivity index (χ0v) is 14.4. The highest BCUT2D eigenvalue weighted by atomic mass is 32.1. The quantitative estimate of drug-likeness (QED) is 0.718. The van der Waals surface area contributed by atoms with Crippen molar-refractivity contribution in [3.63, 3.8) is 0 Å². The zero-order chi connectivity index (χ0) is 18.0. The van der Waals surface area contributed by atoms with Gasteiger partial charge in [0.15, 0.2) is 0 Å². The summed E-state index contributed by atoms with van der Waals surface area (Å²) >= 11 is 5.29. The van der Waals surface area contributed by atoms with E-state index in [0.717, 1.165) is 0 Å². The lowest BCUT2D eigenvalue weighted by Crippen LogP contribution is -2.28. The number of anilines is 1. The highest BCUT2D eigenvalue weighted by molar-refractivity contribution is 7.71. The molecule has 2 heterocycles. The van der Waals surface area contributed by atoms with E-state index in [-0.39, 0.29) is 23.2 Å². The van der Waals surface area contributed by atoms with Crippen LogP contribution in [0, 0.1) is 10.7 Å². The van der Waals surface area contributed by atoms with Crippen LogP contribution < -0.4 is 5.32 Å². The van der Waals surface area contributed by atoms with Gasteiger partial charge >= 0.3 is 0 Å². The van der Waals surface area contributed by atoms with Crippen molar-refractivity contribution in [3.8, 4) is 0 Å². The van der Waals surface area contributed by atoms with Crippen molar-refractivity contribution in [1.29, 1.82) is 0 Å². The number of hydrogen-bond donors (Lipinski definition) is 3. The van der Waals surface area contributed by atoms with E-state index in [9.17, 15) is 15.0 Å². The van der Waals surface area contributed by atoms with Crippen molar-refractivity contribution in [2.24, 2.45) is 5.92 Å². The predicted molar refractivity (Wildman–Crippen MR) is 93.6 cm³/mol. The van der Waals surface area contributed by atoms with Crippen molar-refractivity contribution in [1.82, 2.24) is 9.55 Å². The maximum atomic E-state index is 12.2. The second-order valence-corrected chi connectivity index (χ2v) is 6.29. The third kappa shape index (κ3) is 3.62. The fraction of sp³-hybridized carbons (Fsp3) is 0.353. The van der Waals surface area contributed by atoms with Crippen molar-refractivity contribution >= 4 is 23.9 Å². The number of rotatable bonds is 4. The van der Waals surface area contributed by atoms with E-state index >= 15 is 0 Å². The summed E-state index contributed by atoms with van der Waals surface area (Å²) in [7, 11) is 0. The molecule has 1 amide bonds. The molecule has 0 bridgehead atoms. The molecule has 1 aliphatic rings. The van der Waals surface area contributed by atoms with E-state index in [1.807, 2.05) is 13.0 Å². The molecule has 25 heavy (non-hydrogen) atoms. The maximum absolute atomic E-state index is 12.2. The number of aliphatic hydroxyl groups is 2. The van der Waals surface area contributed by atoms with Crippen molar-refractivity contribution < 1.29 is 19.7 Å². The number of aromatic nitrogens is 2. The molecule has 1 aromatic carbocycles. The van der Waals surface area contributed by atoms with Gasteiger partial charge in [-0.05, 0) is 30.4 Å². The summed E-state index contributed by atoms with van der Waals surface area (Å²) in [5.41, 5.74) is 0.522. The van der Waals surface area contributed by atoms with Crippen LogP contribution in [0.5, 0.6) is 0 Å². The fourth-order valence-corrected chi connectivity index (χ4v) is 3.08. The Morgan fingerprint density at radius 3 is 2.68 bits per heavy atom. The topological polar surface area (TPSA) is 96.6 Å². The summed E-state index contributed by atoms with van der Waals surface area (Å²) in [5, 5.41) is 22.0. The molecule has 1 saturated heterocycles. The van der Waals surface area contributed by atoms with Gasteiger partial charge in [-0.25, -0.2) is 4.98 Å². The molecular weight excluding hydrogens is 342 g/mol. The number of amides is 1. The third-order valence-electron chi connectivity index (χ3n) is 4.25. The summed E-state index contributed by atoms with van der Waals surface area (Å²) in [6.45, 7) is 1.55. The van der Waals surface area contributed by atoms with E-state index < -0.39 is 18.4 Å². The Balaban J connectivity index is 1.78. The number of hydrogen-bond acceptors (Lipinski definition) is 6. The number of benzene rings is 1. The SMILES string of the molecule is CC1C(O)[C@@H](CO)O[C@H]1n1ccc(NC(=O)c2ccccc2)nc1=S.